The number of phenols is 1. The molecule has 0 spiro atoms. The van der Waals surface area contributed by atoms with Gasteiger partial charge in [-0.15, -0.1) is 11.3 Å². The minimum Gasteiger partial charge on any atom is -0.507 e. The Morgan fingerprint density at radius 1 is 1.19 bits per heavy atom. The number of unbranched alkanes of at least 4 members (excludes halogenated alkanes) is 1. The maximum Gasteiger partial charge on any atom is 0.408 e. The van der Waals surface area contributed by atoms with Gasteiger partial charge in [0.25, 0.3) is 0 Å². The molecule has 0 fully saturated rings. The molecule has 0 bridgehead atoms. The van der Waals surface area contributed by atoms with Crippen molar-refractivity contribution in [2.24, 2.45) is 0 Å². The number of phenolic OH excluding ortho intramolecular Hbond substituents is 1. The molecule has 0 aliphatic carbocycles. The van der Waals surface area contributed by atoms with Gasteiger partial charge in [-0.25, -0.2) is 4.79 Å². The van der Waals surface area contributed by atoms with Gasteiger partial charge in [0.2, 0.25) is 0 Å². The second kappa shape index (κ2) is 12.7. The molecule has 3 aromatic rings. The first kappa shape index (κ1) is 27.4. The van der Waals surface area contributed by atoms with E-state index in [1.807, 2.05) is 37.3 Å². The summed E-state index contributed by atoms with van der Waals surface area (Å²) >= 11 is 1.43. The van der Waals surface area contributed by atoms with Gasteiger partial charge in [0.05, 0.1) is 17.7 Å². The second-order valence-electron chi connectivity index (χ2n) is 8.44. The van der Waals surface area contributed by atoms with E-state index < -0.39 is 22.4 Å². The van der Waals surface area contributed by atoms with Crippen molar-refractivity contribution < 1.29 is 23.1 Å². The average molecular weight is 533 g/mol. The van der Waals surface area contributed by atoms with E-state index in [0.29, 0.717) is 24.1 Å². The van der Waals surface area contributed by atoms with Gasteiger partial charge in [0.1, 0.15) is 11.9 Å². The number of carbonyl (C=O) groups is 1. The molecule has 0 aliphatic heterocycles. The molecule has 1 aromatic heterocycles. The van der Waals surface area contributed by atoms with Gasteiger partial charge in [-0.3, -0.25) is 9.71 Å². The number of rotatable bonds is 12. The quantitative estimate of drug-likeness (QED) is 0.308. The number of anilines is 1. The number of nitrogens with zero attached hydrogens (tertiary/aromatic N) is 2. The number of nitrogens with one attached hydrogen (secondary N) is 2. The minimum atomic E-state index is -3.81. The third-order valence-electron chi connectivity index (χ3n) is 5.56. The Hall–Kier alpha value is -3.15. The highest BCUT2D eigenvalue weighted by Gasteiger charge is 2.25. The van der Waals surface area contributed by atoms with Crippen LogP contribution in [-0.2, 0) is 27.9 Å². The standard InChI is InChI=1S/C25H32N4O5S2/c1-4-5-11-23(34-25(31)27-16-19-15-26-17-35-19)20-12-13-22(28-36(32,33)29(2)3)21(24(20)30)14-18-9-7-6-8-10-18/h6-10,12-13,15,17,23,28,30H,4-5,11,14,16H2,1-3H3,(H,27,31). The van der Waals surface area contributed by atoms with Crippen LogP contribution in [0.15, 0.2) is 54.2 Å². The molecule has 3 N–H and O–H groups in total. The molecule has 11 heteroatoms. The van der Waals surface area contributed by atoms with Crippen molar-refractivity contribution in [3.05, 3.63) is 75.7 Å². The summed E-state index contributed by atoms with van der Waals surface area (Å²) in [6.07, 6.45) is 2.80. The zero-order valence-electron chi connectivity index (χ0n) is 20.6. The Bertz CT molecular complexity index is 1230. The number of hydrogen-bond acceptors (Lipinski definition) is 7. The first-order valence-electron chi connectivity index (χ1n) is 11.6. The van der Waals surface area contributed by atoms with E-state index >= 15 is 0 Å². The van der Waals surface area contributed by atoms with Crippen molar-refractivity contribution in [1.29, 1.82) is 0 Å². The maximum absolute atomic E-state index is 12.6. The molecule has 0 saturated carbocycles. The fourth-order valence-corrected chi connectivity index (χ4v) is 4.73. The lowest BCUT2D eigenvalue weighted by atomic mass is 9.95. The molecular weight excluding hydrogens is 500 g/mol. The van der Waals surface area contributed by atoms with Crippen LogP contribution in [0.5, 0.6) is 5.75 Å². The SMILES string of the molecule is CCCCC(OC(=O)NCc1cncs1)c1ccc(NS(=O)(=O)N(C)C)c(Cc2ccccc2)c1O. The fourth-order valence-electron chi connectivity index (χ4n) is 3.55. The number of hydrogen-bond donors (Lipinski definition) is 3. The molecular formula is C25H32N4O5S2. The Balaban J connectivity index is 1.94. The van der Waals surface area contributed by atoms with Crippen molar-refractivity contribution in [3.63, 3.8) is 0 Å². The van der Waals surface area contributed by atoms with Crippen molar-refractivity contribution >= 4 is 33.3 Å². The number of benzene rings is 2. The van der Waals surface area contributed by atoms with Gasteiger partial charge >= 0.3 is 16.3 Å². The van der Waals surface area contributed by atoms with Gasteiger partial charge in [-0.2, -0.15) is 12.7 Å². The van der Waals surface area contributed by atoms with Crippen LogP contribution < -0.4 is 10.0 Å². The van der Waals surface area contributed by atoms with Crippen LogP contribution in [0.1, 0.15) is 53.9 Å². The van der Waals surface area contributed by atoms with Crippen molar-refractivity contribution in [2.45, 2.75) is 45.3 Å². The lowest BCUT2D eigenvalue weighted by Gasteiger charge is -2.23. The summed E-state index contributed by atoms with van der Waals surface area (Å²) in [4.78, 5) is 17.5. The highest BCUT2D eigenvalue weighted by atomic mass is 32.2. The van der Waals surface area contributed by atoms with Crippen molar-refractivity contribution in [1.82, 2.24) is 14.6 Å². The molecule has 2 aromatic carbocycles. The summed E-state index contributed by atoms with van der Waals surface area (Å²) in [6.45, 7) is 2.32. The van der Waals surface area contributed by atoms with Crippen LogP contribution in [0, 0.1) is 0 Å². The van der Waals surface area contributed by atoms with Crippen LogP contribution in [0.4, 0.5) is 10.5 Å². The topological polar surface area (TPSA) is 121 Å². The van der Waals surface area contributed by atoms with E-state index in [1.165, 1.54) is 25.4 Å². The third kappa shape index (κ3) is 7.42. The number of carbonyl (C=O) groups excluding carboxylic acids is 1. The number of alkyl carbamates (subject to hydrolysis) is 1. The Morgan fingerprint density at radius 2 is 1.94 bits per heavy atom. The van der Waals surface area contributed by atoms with Crippen molar-refractivity contribution in [3.8, 4) is 5.75 Å². The minimum absolute atomic E-state index is 0.103. The molecule has 1 heterocycles. The highest BCUT2D eigenvalue weighted by molar-refractivity contribution is 7.90. The predicted molar refractivity (Wildman–Crippen MR) is 141 cm³/mol. The summed E-state index contributed by atoms with van der Waals surface area (Å²) < 4.78 is 34.4. The van der Waals surface area contributed by atoms with E-state index in [1.54, 1.807) is 23.8 Å². The number of amides is 1. The monoisotopic (exact) mass is 532 g/mol. The lowest BCUT2D eigenvalue weighted by Crippen LogP contribution is -2.29. The van der Waals surface area contributed by atoms with Crippen LogP contribution >= 0.6 is 11.3 Å². The van der Waals surface area contributed by atoms with E-state index in [2.05, 4.69) is 15.0 Å². The summed E-state index contributed by atoms with van der Waals surface area (Å²) in [7, 11) is -0.958. The lowest BCUT2D eigenvalue weighted by molar-refractivity contribution is 0.0893. The summed E-state index contributed by atoms with van der Waals surface area (Å²) in [5.74, 6) is -0.103. The van der Waals surface area contributed by atoms with Gasteiger partial charge < -0.3 is 15.2 Å². The zero-order chi connectivity index (χ0) is 26.1. The molecule has 1 unspecified atom stereocenters. The molecule has 9 nitrogen and oxygen atoms in total. The largest absolute Gasteiger partial charge is 0.507 e. The normalized spacial score (nSPS) is 12.3. The first-order valence-corrected chi connectivity index (χ1v) is 13.9. The number of aromatic hydroxyl groups is 1. The van der Waals surface area contributed by atoms with E-state index in [4.69, 9.17) is 4.74 Å². The predicted octanol–water partition coefficient (Wildman–Crippen LogP) is 4.82. The first-order chi connectivity index (χ1) is 17.2. The second-order valence-corrected chi connectivity index (χ2v) is 11.3. The van der Waals surface area contributed by atoms with Crippen LogP contribution in [0.2, 0.25) is 0 Å². The number of ether oxygens (including phenoxy) is 1. The molecule has 0 radical (unpaired) electrons. The summed E-state index contributed by atoms with van der Waals surface area (Å²) in [5.41, 5.74) is 3.67. The molecule has 1 amide bonds. The summed E-state index contributed by atoms with van der Waals surface area (Å²) in [5, 5.41) is 14.1. The van der Waals surface area contributed by atoms with E-state index in [-0.39, 0.29) is 17.9 Å². The smallest absolute Gasteiger partial charge is 0.408 e. The van der Waals surface area contributed by atoms with Gasteiger partial charge in [-0.1, -0.05) is 43.7 Å². The Labute approximate surface area is 216 Å². The van der Waals surface area contributed by atoms with Crippen LogP contribution in [0.25, 0.3) is 0 Å². The van der Waals surface area contributed by atoms with Crippen LogP contribution in [-0.4, -0.2) is 43.0 Å². The molecule has 36 heavy (non-hydrogen) atoms. The van der Waals surface area contributed by atoms with Crippen LogP contribution in [0.3, 0.4) is 0 Å². The van der Waals surface area contributed by atoms with Gasteiger partial charge in [0.15, 0.2) is 0 Å². The Morgan fingerprint density at radius 3 is 2.58 bits per heavy atom. The average Bonchev–Trinajstić information content (AvgIpc) is 3.37. The molecule has 1 atom stereocenters. The molecule has 0 aliphatic rings. The molecule has 194 valence electrons. The molecule has 0 saturated heterocycles. The number of aromatic nitrogens is 1. The van der Waals surface area contributed by atoms with Gasteiger partial charge in [0, 0.05) is 42.7 Å². The van der Waals surface area contributed by atoms with Gasteiger partial charge in [-0.05, 0) is 30.5 Å². The van der Waals surface area contributed by atoms with E-state index in [9.17, 15) is 18.3 Å². The fraction of sp³-hybridized carbons (Fsp3) is 0.360. The molecule has 3 rings (SSSR count). The van der Waals surface area contributed by atoms with Crippen molar-refractivity contribution in [2.75, 3.05) is 18.8 Å². The third-order valence-corrected chi connectivity index (χ3v) is 7.78. The highest BCUT2D eigenvalue weighted by Crippen LogP contribution is 2.38. The summed E-state index contributed by atoms with van der Waals surface area (Å²) in [6, 6.07) is 12.6. The maximum atomic E-state index is 12.6. The van der Waals surface area contributed by atoms with E-state index in [0.717, 1.165) is 27.6 Å². The number of thiazole rings is 1. The zero-order valence-corrected chi connectivity index (χ0v) is 22.2. The Kier molecular flexibility index (Phi) is 9.68.